The zero-order valence-electron chi connectivity index (χ0n) is 16.5. The molecule has 4 rings (SSSR count). The standard InChI is InChI=1S/C20H23N5O3S/c1-3-28-19(26)15-11-21-13(2)22-18(15)24-20-23-16-5-4-14(10-17(16)29-20)12-25-6-8-27-9-7-25/h4-5,10-11H,3,6-9,12H2,1-2H3,(H,21,22,23,24). The Balaban J connectivity index is 1.56. The van der Waals surface area contributed by atoms with Crippen molar-refractivity contribution in [1.82, 2.24) is 19.9 Å². The smallest absolute Gasteiger partial charge is 0.343 e. The number of esters is 1. The fourth-order valence-corrected chi connectivity index (χ4v) is 4.09. The molecule has 1 N–H and O–H groups in total. The predicted octanol–water partition coefficient (Wildman–Crippen LogP) is 3.15. The van der Waals surface area contributed by atoms with Gasteiger partial charge in [0, 0.05) is 25.8 Å². The zero-order chi connectivity index (χ0) is 20.2. The molecule has 1 aromatic carbocycles. The van der Waals surface area contributed by atoms with E-state index in [1.165, 1.54) is 23.1 Å². The van der Waals surface area contributed by atoms with Crippen molar-refractivity contribution in [3.8, 4) is 0 Å². The van der Waals surface area contributed by atoms with Gasteiger partial charge < -0.3 is 14.8 Å². The topological polar surface area (TPSA) is 89.5 Å². The number of nitrogens with zero attached hydrogens (tertiary/aromatic N) is 4. The molecule has 0 saturated carbocycles. The van der Waals surface area contributed by atoms with Gasteiger partial charge in [0.1, 0.15) is 11.4 Å². The Labute approximate surface area is 172 Å². The van der Waals surface area contributed by atoms with Crippen molar-refractivity contribution in [2.45, 2.75) is 20.4 Å². The number of aryl methyl sites for hydroxylation is 1. The molecule has 3 aromatic rings. The van der Waals surface area contributed by atoms with E-state index in [-0.39, 0.29) is 0 Å². The Morgan fingerprint density at radius 1 is 1.31 bits per heavy atom. The van der Waals surface area contributed by atoms with Gasteiger partial charge in [0.25, 0.3) is 0 Å². The minimum atomic E-state index is -0.455. The first-order valence-corrected chi connectivity index (χ1v) is 10.4. The highest BCUT2D eigenvalue weighted by molar-refractivity contribution is 7.22. The minimum Gasteiger partial charge on any atom is -0.462 e. The first kappa shape index (κ1) is 19.7. The van der Waals surface area contributed by atoms with Crippen molar-refractivity contribution >= 4 is 38.5 Å². The number of carbonyl (C=O) groups is 1. The molecule has 1 fully saturated rings. The highest BCUT2D eigenvalue weighted by atomic mass is 32.1. The lowest BCUT2D eigenvalue weighted by molar-refractivity contribution is 0.0342. The molecular formula is C20H23N5O3S. The average molecular weight is 414 g/mol. The normalized spacial score (nSPS) is 14.8. The van der Waals surface area contributed by atoms with Gasteiger partial charge in [0.15, 0.2) is 10.9 Å². The van der Waals surface area contributed by atoms with Gasteiger partial charge in [0.05, 0.1) is 30.0 Å². The quantitative estimate of drug-likeness (QED) is 0.617. The summed E-state index contributed by atoms with van der Waals surface area (Å²) in [6.45, 7) is 8.22. The molecule has 1 saturated heterocycles. The number of ether oxygens (including phenoxy) is 2. The van der Waals surface area contributed by atoms with Crippen LogP contribution in [0, 0.1) is 6.92 Å². The number of hydrogen-bond donors (Lipinski definition) is 1. The van der Waals surface area contributed by atoms with Gasteiger partial charge in [-0.1, -0.05) is 17.4 Å². The average Bonchev–Trinajstić information content (AvgIpc) is 3.10. The molecule has 0 amide bonds. The molecule has 0 bridgehead atoms. The maximum Gasteiger partial charge on any atom is 0.343 e. The SMILES string of the molecule is CCOC(=O)c1cnc(C)nc1Nc1nc2ccc(CN3CCOCC3)cc2s1. The molecule has 152 valence electrons. The molecule has 8 nitrogen and oxygen atoms in total. The minimum absolute atomic E-state index is 0.291. The molecule has 1 aliphatic rings. The van der Waals surface area contributed by atoms with Gasteiger partial charge in [-0.05, 0) is 31.5 Å². The van der Waals surface area contributed by atoms with E-state index in [0.29, 0.717) is 28.9 Å². The van der Waals surface area contributed by atoms with Crippen LogP contribution in [0.1, 0.15) is 28.7 Å². The molecule has 2 aromatic heterocycles. The van der Waals surface area contributed by atoms with Gasteiger partial charge in [-0.3, -0.25) is 4.90 Å². The lowest BCUT2D eigenvalue weighted by atomic mass is 10.2. The number of carbonyl (C=O) groups excluding carboxylic acids is 1. The van der Waals surface area contributed by atoms with Crippen molar-refractivity contribution in [3.63, 3.8) is 0 Å². The number of anilines is 2. The van der Waals surface area contributed by atoms with E-state index in [2.05, 4.69) is 37.3 Å². The summed E-state index contributed by atoms with van der Waals surface area (Å²) < 4.78 is 11.6. The number of aromatic nitrogens is 3. The van der Waals surface area contributed by atoms with E-state index in [4.69, 9.17) is 9.47 Å². The lowest BCUT2D eigenvalue weighted by Crippen LogP contribution is -2.35. The third-order valence-corrected chi connectivity index (χ3v) is 5.53. The lowest BCUT2D eigenvalue weighted by Gasteiger charge is -2.26. The Bertz CT molecular complexity index is 1020. The number of nitrogens with one attached hydrogen (secondary N) is 1. The summed E-state index contributed by atoms with van der Waals surface area (Å²) in [4.78, 5) is 27.7. The van der Waals surface area contributed by atoms with Crippen LogP contribution in [-0.2, 0) is 16.0 Å². The maximum absolute atomic E-state index is 12.2. The van der Waals surface area contributed by atoms with Gasteiger partial charge in [-0.15, -0.1) is 0 Å². The van der Waals surface area contributed by atoms with Crippen LogP contribution in [-0.4, -0.2) is 58.7 Å². The van der Waals surface area contributed by atoms with Crippen molar-refractivity contribution in [1.29, 1.82) is 0 Å². The summed E-state index contributed by atoms with van der Waals surface area (Å²) >= 11 is 1.53. The van der Waals surface area contributed by atoms with Crippen molar-refractivity contribution in [2.75, 3.05) is 38.2 Å². The summed E-state index contributed by atoms with van der Waals surface area (Å²) in [7, 11) is 0. The van der Waals surface area contributed by atoms with E-state index < -0.39 is 5.97 Å². The summed E-state index contributed by atoms with van der Waals surface area (Å²) in [5, 5.41) is 3.84. The summed E-state index contributed by atoms with van der Waals surface area (Å²) in [6.07, 6.45) is 1.48. The zero-order valence-corrected chi connectivity index (χ0v) is 17.3. The molecule has 0 spiro atoms. The van der Waals surface area contributed by atoms with E-state index in [0.717, 1.165) is 43.1 Å². The first-order chi connectivity index (χ1) is 14.1. The highest BCUT2D eigenvalue weighted by Gasteiger charge is 2.17. The second-order valence-electron chi connectivity index (χ2n) is 6.73. The third-order valence-electron chi connectivity index (χ3n) is 4.59. The number of hydrogen-bond acceptors (Lipinski definition) is 9. The summed E-state index contributed by atoms with van der Waals surface area (Å²) in [5.41, 5.74) is 2.45. The van der Waals surface area contributed by atoms with Crippen LogP contribution in [0.2, 0.25) is 0 Å². The van der Waals surface area contributed by atoms with Gasteiger partial charge >= 0.3 is 5.97 Å². The van der Waals surface area contributed by atoms with Crippen LogP contribution >= 0.6 is 11.3 Å². The molecular weight excluding hydrogens is 390 g/mol. The van der Waals surface area contributed by atoms with Crippen LogP contribution in [0.25, 0.3) is 10.2 Å². The molecule has 0 atom stereocenters. The molecule has 1 aliphatic heterocycles. The van der Waals surface area contributed by atoms with Crippen LogP contribution in [0.3, 0.4) is 0 Å². The van der Waals surface area contributed by atoms with Crippen LogP contribution < -0.4 is 5.32 Å². The van der Waals surface area contributed by atoms with E-state index in [1.54, 1.807) is 13.8 Å². The number of thiazole rings is 1. The molecule has 29 heavy (non-hydrogen) atoms. The largest absolute Gasteiger partial charge is 0.462 e. The van der Waals surface area contributed by atoms with Crippen LogP contribution in [0.4, 0.5) is 10.9 Å². The maximum atomic E-state index is 12.2. The third kappa shape index (κ3) is 4.69. The molecule has 3 heterocycles. The fraction of sp³-hybridized carbons (Fsp3) is 0.400. The molecule has 9 heteroatoms. The monoisotopic (exact) mass is 413 g/mol. The van der Waals surface area contributed by atoms with Crippen molar-refractivity contribution in [2.24, 2.45) is 0 Å². The van der Waals surface area contributed by atoms with Crippen molar-refractivity contribution < 1.29 is 14.3 Å². The predicted molar refractivity (Wildman–Crippen MR) is 112 cm³/mol. The molecule has 0 radical (unpaired) electrons. The van der Waals surface area contributed by atoms with Gasteiger partial charge in [-0.25, -0.2) is 19.7 Å². The number of benzene rings is 1. The summed E-state index contributed by atoms with van der Waals surface area (Å²) in [6, 6.07) is 6.32. The van der Waals surface area contributed by atoms with E-state index >= 15 is 0 Å². The molecule has 0 unspecified atom stereocenters. The molecule has 0 aliphatic carbocycles. The van der Waals surface area contributed by atoms with E-state index in [1.807, 2.05) is 6.07 Å². The van der Waals surface area contributed by atoms with Gasteiger partial charge in [-0.2, -0.15) is 0 Å². The Hall–Kier alpha value is -2.62. The van der Waals surface area contributed by atoms with Gasteiger partial charge in [0.2, 0.25) is 0 Å². The second-order valence-corrected chi connectivity index (χ2v) is 7.77. The Kier molecular flexibility index (Phi) is 5.98. The van der Waals surface area contributed by atoms with E-state index in [9.17, 15) is 4.79 Å². The van der Waals surface area contributed by atoms with Crippen LogP contribution in [0.15, 0.2) is 24.4 Å². The highest BCUT2D eigenvalue weighted by Crippen LogP contribution is 2.30. The number of morpholine rings is 1. The summed E-state index contributed by atoms with van der Waals surface area (Å²) in [5.74, 6) is 0.516. The first-order valence-electron chi connectivity index (χ1n) is 9.59. The Morgan fingerprint density at radius 3 is 2.93 bits per heavy atom. The number of rotatable bonds is 6. The van der Waals surface area contributed by atoms with Crippen molar-refractivity contribution in [3.05, 3.63) is 41.3 Å². The van der Waals surface area contributed by atoms with Crippen LogP contribution in [0.5, 0.6) is 0 Å². The number of fused-ring (bicyclic) bond motifs is 1. The Morgan fingerprint density at radius 2 is 2.14 bits per heavy atom. The fourth-order valence-electron chi connectivity index (χ4n) is 3.16. The second kappa shape index (κ2) is 8.81.